The first-order valence-corrected chi connectivity index (χ1v) is 4.08. The fraction of sp³-hybridized carbons (Fsp3) is 1.00. The highest BCUT2D eigenvalue weighted by atomic mass is 16.4. The minimum atomic E-state index is -1.76. The van der Waals surface area contributed by atoms with Gasteiger partial charge in [-0.3, -0.25) is 0 Å². The van der Waals surface area contributed by atoms with Crippen molar-refractivity contribution in [1.82, 2.24) is 0 Å². The number of hydrogen-bond donors (Lipinski definition) is 4. The Balaban J connectivity index is 4.11. The summed E-state index contributed by atoms with van der Waals surface area (Å²) in [5, 5.41) is 36.2. The Labute approximate surface area is 72.5 Å². The lowest BCUT2D eigenvalue weighted by Gasteiger charge is -2.29. The van der Waals surface area contributed by atoms with E-state index >= 15 is 0 Å². The van der Waals surface area contributed by atoms with E-state index in [1.807, 2.05) is 13.8 Å². The average Bonchev–Trinajstić information content (AvgIpc) is 2.02. The summed E-state index contributed by atoms with van der Waals surface area (Å²) in [6.45, 7) is 2.52. The Morgan fingerprint density at radius 3 is 1.83 bits per heavy atom. The molecule has 0 aliphatic rings. The monoisotopic (exact) mass is 178 g/mol. The first-order chi connectivity index (χ1) is 5.46. The summed E-state index contributed by atoms with van der Waals surface area (Å²) in [6, 6.07) is 0. The van der Waals surface area contributed by atoms with E-state index in [-0.39, 0.29) is 5.92 Å². The molecule has 0 saturated carbocycles. The van der Waals surface area contributed by atoms with Crippen molar-refractivity contribution in [2.75, 3.05) is 13.2 Å². The van der Waals surface area contributed by atoms with Gasteiger partial charge in [0.15, 0.2) is 0 Å². The third-order valence-corrected chi connectivity index (χ3v) is 1.86. The van der Waals surface area contributed by atoms with E-state index < -0.39 is 24.9 Å². The molecule has 0 aromatic rings. The summed E-state index contributed by atoms with van der Waals surface area (Å²) < 4.78 is 0. The van der Waals surface area contributed by atoms with Crippen LogP contribution in [0.3, 0.4) is 0 Å². The summed E-state index contributed by atoms with van der Waals surface area (Å²) in [4.78, 5) is 0. The molecule has 4 N–H and O–H groups in total. The summed E-state index contributed by atoms with van der Waals surface area (Å²) in [7, 11) is 0. The quantitative estimate of drug-likeness (QED) is 0.440. The molecule has 4 nitrogen and oxygen atoms in total. The fourth-order valence-corrected chi connectivity index (χ4v) is 0.927. The third kappa shape index (κ3) is 3.06. The Morgan fingerprint density at radius 1 is 1.17 bits per heavy atom. The summed E-state index contributed by atoms with van der Waals surface area (Å²) in [6.07, 6.45) is -0.718. The summed E-state index contributed by atoms with van der Waals surface area (Å²) >= 11 is 0. The van der Waals surface area contributed by atoms with Crippen molar-refractivity contribution >= 4 is 0 Å². The molecule has 74 valence electrons. The molecule has 12 heavy (non-hydrogen) atoms. The lowest BCUT2D eigenvalue weighted by molar-refractivity contribution is -0.135. The van der Waals surface area contributed by atoms with E-state index in [0.29, 0.717) is 6.42 Å². The minimum Gasteiger partial charge on any atom is -0.393 e. The molecule has 0 bridgehead atoms. The smallest absolute Gasteiger partial charge is 0.136 e. The zero-order valence-electron chi connectivity index (χ0n) is 7.56. The standard InChI is InChI=1S/C8H18O4/c1-6(2)3-7(11)8(12,4-9)5-10/h6-7,9-12H,3-5H2,1-2H3. The SMILES string of the molecule is CC(C)CC(O)C(O)(CO)CO. The number of aliphatic hydroxyl groups is 4. The van der Waals surface area contributed by atoms with Crippen molar-refractivity contribution in [3.8, 4) is 0 Å². The van der Waals surface area contributed by atoms with Crippen LogP contribution in [0.1, 0.15) is 20.3 Å². The van der Waals surface area contributed by atoms with Crippen molar-refractivity contribution in [2.24, 2.45) is 5.92 Å². The summed E-state index contributed by atoms with van der Waals surface area (Å²) in [5.41, 5.74) is -1.76. The molecule has 0 spiro atoms. The second-order valence-corrected chi connectivity index (χ2v) is 3.57. The normalized spacial score (nSPS) is 15.2. The molecular weight excluding hydrogens is 160 g/mol. The van der Waals surface area contributed by atoms with Crippen LogP contribution < -0.4 is 0 Å². The molecule has 0 aliphatic heterocycles. The highest BCUT2D eigenvalue weighted by Crippen LogP contribution is 2.16. The molecule has 0 radical (unpaired) electrons. The van der Waals surface area contributed by atoms with Crippen LogP contribution in [-0.4, -0.2) is 45.3 Å². The van der Waals surface area contributed by atoms with E-state index in [9.17, 15) is 10.2 Å². The predicted octanol–water partition coefficient (Wildman–Crippen LogP) is -0.891. The van der Waals surface area contributed by atoms with E-state index in [2.05, 4.69) is 0 Å². The van der Waals surface area contributed by atoms with Gasteiger partial charge in [0.2, 0.25) is 0 Å². The van der Waals surface area contributed by atoms with E-state index in [4.69, 9.17) is 10.2 Å². The van der Waals surface area contributed by atoms with Crippen LogP contribution in [0.2, 0.25) is 0 Å². The first-order valence-electron chi connectivity index (χ1n) is 4.08. The maximum absolute atomic E-state index is 9.40. The van der Waals surface area contributed by atoms with Gasteiger partial charge in [0.1, 0.15) is 5.60 Å². The Hall–Kier alpha value is -0.160. The molecule has 1 unspecified atom stereocenters. The molecule has 0 heterocycles. The van der Waals surface area contributed by atoms with Gasteiger partial charge in [0, 0.05) is 0 Å². The topological polar surface area (TPSA) is 80.9 Å². The van der Waals surface area contributed by atoms with E-state index in [1.165, 1.54) is 0 Å². The lowest BCUT2D eigenvalue weighted by atomic mass is 9.92. The van der Waals surface area contributed by atoms with Crippen LogP contribution in [0.15, 0.2) is 0 Å². The van der Waals surface area contributed by atoms with Crippen LogP contribution >= 0.6 is 0 Å². The number of aliphatic hydroxyl groups excluding tert-OH is 3. The third-order valence-electron chi connectivity index (χ3n) is 1.86. The molecule has 0 aromatic carbocycles. The maximum atomic E-state index is 9.40. The molecule has 0 aromatic heterocycles. The highest BCUT2D eigenvalue weighted by molar-refractivity contribution is 4.85. The second kappa shape index (κ2) is 4.77. The van der Waals surface area contributed by atoms with Gasteiger partial charge in [-0.25, -0.2) is 0 Å². The molecule has 0 aliphatic carbocycles. The molecule has 0 fully saturated rings. The van der Waals surface area contributed by atoms with Gasteiger partial charge in [-0.15, -0.1) is 0 Å². The van der Waals surface area contributed by atoms with Crippen molar-refractivity contribution in [3.05, 3.63) is 0 Å². The van der Waals surface area contributed by atoms with Crippen LogP contribution in [0.4, 0.5) is 0 Å². The molecule has 0 rings (SSSR count). The van der Waals surface area contributed by atoms with Gasteiger partial charge in [0.05, 0.1) is 19.3 Å². The maximum Gasteiger partial charge on any atom is 0.136 e. The molecule has 4 heteroatoms. The molecular formula is C8H18O4. The zero-order valence-corrected chi connectivity index (χ0v) is 7.56. The number of rotatable bonds is 5. The fourth-order valence-electron chi connectivity index (χ4n) is 0.927. The molecule has 0 saturated heterocycles. The molecule has 1 atom stereocenters. The zero-order chi connectivity index (χ0) is 9.78. The Bertz CT molecular complexity index is 120. The second-order valence-electron chi connectivity index (χ2n) is 3.57. The molecule has 0 amide bonds. The average molecular weight is 178 g/mol. The van der Waals surface area contributed by atoms with Crippen molar-refractivity contribution in [2.45, 2.75) is 32.0 Å². The van der Waals surface area contributed by atoms with Crippen LogP contribution in [0, 0.1) is 5.92 Å². The van der Waals surface area contributed by atoms with Gasteiger partial charge in [-0.2, -0.15) is 0 Å². The largest absolute Gasteiger partial charge is 0.393 e. The van der Waals surface area contributed by atoms with Gasteiger partial charge >= 0.3 is 0 Å². The lowest BCUT2D eigenvalue weighted by Crippen LogP contribution is -2.49. The Kier molecular flexibility index (Phi) is 4.70. The van der Waals surface area contributed by atoms with Gasteiger partial charge < -0.3 is 20.4 Å². The highest BCUT2D eigenvalue weighted by Gasteiger charge is 2.34. The van der Waals surface area contributed by atoms with E-state index in [0.717, 1.165) is 0 Å². The first kappa shape index (κ1) is 11.8. The van der Waals surface area contributed by atoms with E-state index in [1.54, 1.807) is 0 Å². The van der Waals surface area contributed by atoms with Crippen LogP contribution in [0.25, 0.3) is 0 Å². The summed E-state index contributed by atoms with van der Waals surface area (Å²) in [5.74, 6) is 0.213. The predicted molar refractivity (Wildman–Crippen MR) is 44.6 cm³/mol. The Morgan fingerprint density at radius 2 is 1.58 bits per heavy atom. The minimum absolute atomic E-state index is 0.213. The van der Waals surface area contributed by atoms with Crippen LogP contribution in [0.5, 0.6) is 0 Å². The van der Waals surface area contributed by atoms with Crippen LogP contribution in [-0.2, 0) is 0 Å². The van der Waals surface area contributed by atoms with Crippen molar-refractivity contribution < 1.29 is 20.4 Å². The number of hydrogen-bond acceptors (Lipinski definition) is 4. The van der Waals surface area contributed by atoms with Gasteiger partial charge in [-0.1, -0.05) is 13.8 Å². The van der Waals surface area contributed by atoms with Crippen molar-refractivity contribution in [1.29, 1.82) is 0 Å². The van der Waals surface area contributed by atoms with Gasteiger partial charge in [0.25, 0.3) is 0 Å². The van der Waals surface area contributed by atoms with Gasteiger partial charge in [-0.05, 0) is 12.3 Å². The van der Waals surface area contributed by atoms with Crippen molar-refractivity contribution in [3.63, 3.8) is 0 Å².